The average Bonchev–Trinajstić information content (AvgIpc) is 2.35. The minimum Gasteiger partial charge on any atom is -0.494 e. The maximum Gasteiger partial charge on any atom is 0.168 e. The lowest BCUT2D eigenvalue weighted by Crippen LogP contribution is -2.26. The Morgan fingerprint density at radius 1 is 1.28 bits per heavy atom. The van der Waals surface area contributed by atoms with Crippen LogP contribution in [0.5, 0.6) is 5.75 Å². The van der Waals surface area contributed by atoms with E-state index in [0.29, 0.717) is 5.75 Å². The molecule has 0 fully saturated rings. The van der Waals surface area contributed by atoms with Crippen molar-refractivity contribution in [3.8, 4) is 5.75 Å². The highest BCUT2D eigenvalue weighted by Gasteiger charge is 2.25. The second-order valence-corrected chi connectivity index (χ2v) is 5.21. The van der Waals surface area contributed by atoms with Crippen molar-refractivity contribution >= 4 is 0 Å². The van der Waals surface area contributed by atoms with Crippen LogP contribution in [0.3, 0.4) is 0 Å². The molecular formula is C15H24FNO. The van der Waals surface area contributed by atoms with Crippen molar-refractivity contribution < 1.29 is 9.13 Å². The van der Waals surface area contributed by atoms with Gasteiger partial charge in [-0.3, -0.25) is 0 Å². The number of hydrogen-bond donors (Lipinski definition) is 1. The van der Waals surface area contributed by atoms with Crippen LogP contribution in [0, 0.1) is 5.82 Å². The predicted molar refractivity (Wildman–Crippen MR) is 73.8 cm³/mol. The van der Waals surface area contributed by atoms with Crippen LogP contribution in [-0.4, -0.2) is 20.2 Å². The van der Waals surface area contributed by atoms with Crippen molar-refractivity contribution in [1.29, 1.82) is 0 Å². The first-order chi connectivity index (χ1) is 8.53. The van der Waals surface area contributed by atoms with Gasteiger partial charge in [0.25, 0.3) is 0 Å². The number of rotatable bonds is 7. The largest absolute Gasteiger partial charge is 0.494 e. The van der Waals surface area contributed by atoms with E-state index in [1.165, 1.54) is 7.11 Å². The Kier molecular flexibility index (Phi) is 5.60. The zero-order valence-corrected chi connectivity index (χ0v) is 11.8. The summed E-state index contributed by atoms with van der Waals surface area (Å²) in [4.78, 5) is 0. The second kappa shape index (κ2) is 6.74. The van der Waals surface area contributed by atoms with Crippen LogP contribution in [0.2, 0.25) is 0 Å². The summed E-state index contributed by atoms with van der Waals surface area (Å²) in [5, 5.41) is 3.36. The Morgan fingerprint density at radius 2 is 2.00 bits per heavy atom. The Hall–Kier alpha value is -1.09. The number of halogens is 1. The van der Waals surface area contributed by atoms with Gasteiger partial charge < -0.3 is 10.1 Å². The monoisotopic (exact) mass is 253 g/mol. The van der Waals surface area contributed by atoms with Crippen LogP contribution in [-0.2, 0) is 5.41 Å². The fourth-order valence-electron chi connectivity index (χ4n) is 2.03. The van der Waals surface area contributed by atoms with Crippen LogP contribution in [0.1, 0.15) is 39.2 Å². The first-order valence-corrected chi connectivity index (χ1v) is 6.56. The third-order valence-electron chi connectivity index (χ3n) is 3.27. The normalized spacial score (nSPS) is 11.6. The first-order valence-electron chi connectivity index (χ1n) is 6.56. The predicted octanol–water partition coefficient (Wildman–Crippen LogP) is 3.50. The molecule has 0 atom stereocenters. The van der Waals surface area contributed by atoms with Gasteiger partial charge in [-0.15, -0.1) is 0 Å². The maximum absolute atomic E-state index is 14.2. The Morgan fingerprint density at radius 3 is 2.61 bits per heavy atom. The average molecular weight is 253 g/mol. The molecule has 102 valence electrons. The molecule has 1 aromatic rings. The molecule has 1 aromatic carbocycles. The summed E-state index contributed by atoms with van der Waals surface area (Å²) in [6.07, 6.45) is 2.02. The van der Waals surface area contributed by atoms with Gasteiger partial charge in [-0.1, -0.05) is 32.9 Å². The van der Waals surface area contributed by atoms with Gasteiger partial charge in [0.1, 0.15) is 0 Å². The number of nitrogens with one attached hydrogen (secondary N) is 1. The summed E-state index contributed by atoms with van der Waals surface area (Å²) in [6, 6.07) is 5.35. The highest BCUT2D eigenvalue weighted by molar-refractivity contribution is 5.35. The van der Waals surface area contributed by atoms with E-state index in [1.807, 2.05) is 12.1 Å². The lowest BCUT2D eigenvalue weighted by Gasteiger charge is -2.26. The number of methoxy groups -OCH3 is 1. The van der Waals surface area contributed by atoms with Gasteiger partial charge >= 0.3 is 0 Å². The Bertz CT molecular complexity index is 377. The van der Waals surface area contributed by atoms with Crippen LogP contribution in [0.25, 0.3) is 0 Å². The molecule has 0 heterocycles. The summed E-state index contributed by atoms with van der Waals surface area (Å²) in [5.41, 5.74) is 0.527. The maximum atomic E-state index is 14.2. The second-order valence-electron chi connectivity index (χ2n) is 5.21. The van der Waals surface area contributed by atoms with Crippen molar-refractivity contribution in [2.24, 2.45) is 0 Å². The van der Waals surface area contributed by atoms with Crippen LogP contribution >= 0.6 is 0 Å². The van der Waals surface area contributed by atoms with E-state index >= 15 is 0 Å². The summed E-state index contributed by atoms with van der Waals surface area (Å²) < 4.78 is 19.2. The Balaban J connectivity index is 2.77. The third-order valence-corrected chi connectivity index (χ3v) is 3.27. The minimum absolute atomic E-state index is 0.195. The molecule has 0 spiro atoms. The van der Waals surface area contributed by atoms with Gasteiger partial charge in [-0.2, -0.15) is 0 Å². The highest BCUT2D eigenvalue weighted by atomic mass is 19.1. The molecule has 0 amide bonds. The van der Waals surface area contributed by atoms with E-state index in [2.05, 4.69) is 26.1 Å². The lowest BCUT2D eigenvalue weighted by atomic mass is 9.81. The van der Waals surface area contributed by atoms with E-state index in [4.69, 9.17) is 4.74 Å². The smallest absolute Gasteiger partial charge is 0.168 e. The lowest BCUT2D eigenvalue weighted by molar-refractivity contribution is 0.370. The summed E-state index contributed by atoms with van der Waals surface area (Å²) >= 11 is 0. The molecule has 1 N–H and O–H groups in total. The standard InChI is InChI=1S/C15H24FNO/c1-5-10-17-11-9-15(2,3)12-7-6-8-13(18-4)14(12)16/h6-8,17H,5,9-11H2,1-4H3. The van der Waals surface area contributed by atoms with Crippen molar-refractivity contribution in [2.75, 3.05) is 20.2 Å². The van der Waals surface area contributed by atoms with Crippen LogP contribution in [0.4, 0.5) is 4.39 Å². The molecule has 0 aliphatic carbocycles. The van der Waals surface area contributed by atoms with Crippen LogP contribution in [0.15, 0.2) is 18.2 Å². The van der Waals surface area contributed by atoms with E-state index in [1.54, 1.807) is 6.07 Å². The SMILES string of the molecule is CCCNCCC(C)(C)c1cccc(OC)c1F. The van der Waals surface area contributed by atoms with Crippen molar-refractivity contribution in [3.63, 3.8) is 0 Å². The topological polar surface area (TPSA) is 21.3 Å². The fourth-order valence-corrected chi connectivity index (χ4v) is 2.03. The van der Waals surface area contributed by atoms with Gasteiger partial charge in [-0.05, 0) is 43.0 Å². The van der Waals surface area contributed by atoms with Crippen LogP contribution < -0.4 is 10.1 Å². The molecule has 1 rings (SSSR count). The fraction of sp³-hybridized carbons (Fsp3) is 0.600. The molecule has 2 nitrogen and oxygen atoms in total. The van der Waals surface area contributed by atoms with Crippen molar-refractivity contribution in [3.05, 3.63) is 29.6 Å². The molecule has 0 radical (unpaired) electrons. The quantitative estimate of drug-likeness (QED) is 0.751. The molecule has 0 bridgehead atoms. The zero-order chi connectivity index (χ0) is 13.6. The molecule has 0 aromatic heterocycles. The number of benzene rings is 1. The molecule has 0 saturated carbocycles. The molecule has 0 aliphatic heterocycles. The molecule has 18 heavy (non-hydrogen) atoms. The molecular weight excluding hydrogens is 229 g/mol. The van der Waals surface area contributed by atoms with Gasteiger partial charge in [-0.25, -0.2) is 4.39 Å². The summed E-state index contributed by atoms with van der Waals surface area (Å²) in [7, 11) is 1.50. The van der Waals surface area contributed by atoms with E-state index in [-0.39, 0.29) is 11.2 Å². The number of ether oxygens (including phenoxy) is 1. The molecule has 0 saturated heterocycles. The van der Waals surface area contributed by atoms with Crippen molar-refractivity contribution in [2.45, 2.75) is 39.0 Å². The first kappa shape index (κ1) is 15.0. The van der Waals surface area contributed by atoms with Gasteiger partial charge in [0, 0.05) is 0 Å². The van der Waals surface area contributed by atoms with Crippen molar-refractivity contribution in [1.82, 2.24) is 5.32 Å². The van der Waals surface area contributed by atoms with E-state index in [9.17, 15) is 4.39 Å². The summed E-state index contributed by atoms with van der Waals surface area (Å²) in [6.45, 7) is 8.19. The van der Waals surface area contributed by atoms with Gasteiger partial charge in [0.05, 0.1) is 7.11 Å². The molecule has 0 aliphatic rings. The van der Waals surface area contributed by atoms with Gasteiger partial charge in [0.15, 0.2) is 11.6 Å². The molecule has 3 heteroatoms. The third kappa shape index (κ3) is 3.70. The van der Waals surface area contributed by atoms with E-state index in [0.717, 1.165) is 31.5 Å². The summed E-state index contributed by atoms with van der Waals surface area (Å²) in [5.74, 6) is 0.0857. The van der Waals surface area contributed by atoms with Gasteiger partial charge in [0.2, 0.25) is 0 Å². The Labute approximate surface area is 110 Å². The highest BCUT2D eigenvalue weighted by Crippen LogP contribution is 2.32. The molecule has 0 unspecified atom stereocenters. The van der Waals surface area contributed by atoms with E-state index < -0.39 is 0 Å². The zero-order valence-electron chi connectivity index (χ0n) is 11.8. The number of hydrogen-bond acceptors (Lipinski definition) is 2. The minimum atomic E-state index is -0.236.